The minimum Gasteiger partial charge on any atom is -0.489 e. The molecule has 0 amide bonds. The quantitative estimate of drug-likeness (QED) is 0.818. The van der Waals surface area contributed by atoms with Crippen molar-refractivity contribution < 1.29 is 14.6 Å². The van der Waals surface area contributed by atoms with Crippen molar-refractivity contribution in [1.29, 1.82) is 0 Å². The van der Waals surface area contributed by atoms with Crippen molar-refractivity contribution in [3.63, 3.8) is 0 Å². The molecule has 0 radical (unpaired) electrons. The zero-order valence-electron chi connectivity index (χ0n) is 8.56. The van der Waals surface area contributed by atoms with Gasteiger partial charge in [0.15, 0.2) is 0 Å². The van der Waals surface area contributed by atoms with Crippen LogP contribution in [0.5, 0.6) is 5.75 Å². The third kappa shape index (κ3) is 2.26. The fourth-order valence-corrected chi connectivity index (χ4v) is 1.29. The van der Waals surface area contributed by atoms with Crippen LogP contribution in [0.15, 0.2) is 12.3 Å². The Morgan fingerprint density at radius 3 is 2.93 bits per heavy atom. The maximum absolute atomic E-state index is 10.9. The number of ether oxygens (including phenoxy) is 1. The summed E-state index contributed by atoms with van der Waals surface area (Å²) in [5.41, 5.74) is 1.01. The van der Waals surface area contributed by atoms with E-state index in [0.717, 1.165) is 25.0 Å². The molecular weight excluding hydrogens is 194 g/mol. The number of aryl methyl sites for hydroxylation is 1. The van der Waals surface area contributed by atoms with E-state index >= 15 is 0 Å². The van der Waals surface area contributed by atoms with Crippen molar-refractivity contribution in [1.82, 2.24) is 4.98 Å². The summed E-state index contributed by atoms with van der Waals surface area (Å²) >= 11 is 0. The maximum Gasteiger partial charge on any atom is 0.341 e. The molecule has 4 nitrogen and oxygen atoms in total. The molecule has 0 aliphatic heterocycles. The molecule has 1 saturated carbocycles. The zero-order valence-corrected chi connectivity index (χ0v) is 8.56. The number of aromatic nitrogens is 1. The molecule has 1 heterocycles. The highest BCUT2D eigenvalue weighted by Crippen LogP contribution is 2.29. The highest BCUT2D eigenvalue weighted by atomic mass is 16.5. The van der Waals surface area contributed by atoms with Gasteiger partial charge >= 0.3 is 5.97 Å². The second-order valence-corrected chi connectivity index (χ2v) is 3.65. The van der Waals surface area contributed by atoms with Crippen LogP contribution >= 0.6 is 0 Å². The normalized spacial score (nSPS) is 15.0. The Morgan fingerprint density at radius 1 is 1.67 bits per heavy atom. The van der Waals surface area contributed by atoms with Crippen molar-refractivity contribution in [2.24, 2.45) is 0 Å². The fraction of sp³-hybridized carbons (Fsp3) is 0.455. The highest BCUT2D eigenvalue weighted by molar-refractivity contribution is 5.90. The number of aromatic carboxylic acids is 1. The van der Waals surface area contributed by atoms with Crippen LogP contribution < -0.4 is 4.74 Å². The molecule has 0 saturated heterocycles. The number of hydrogen-bond acceptors (Lipinski definition) is 3. The topological polar surface area (TPSA) is 59.4 Å². The number of nitrogens with zero attached hydrogens (tertiary/aromatic N) is 1. The molecule has 1 fully saturated rings. The molecule has 15 heavy (non-hydrogen) atoms. The molecule has 4 heteroatoms. The van der Waals surface area contributed by atoms with E-state index in [0.29, 0.717) is 5.75 Å². The average Bonchev–Trinajstić information content (AvgIpc) is 3.01. The predicted octanol–water partition coefficient (Wildman–Crippen LogP) is 1.88. The summed E-state index contributed by atoms with van der Waals surface area (Å²) in [5, 5.41) is 8.94. The van der Waals surface area contributed by atoms with E-state index in [1.54, 1.807) is 6.07 Å². The first kappa shape index (κ1) is 9.96. The average molecular weight is 207 g/mol. The van der Waals surface area contributed by atoms with Gasteiger partial charge in [-0.2, -0.15) is 0 Å². The van der Waals surface area contributed by atoms with Crippen LogP contribution in [0.3, 0.4) is 0 Å². The summed E-state index contributed by atoms with van der Waals surface area (Å²) in [5.74, 6) is -0.530. The standard InChI is InChI=1S/C11H13NO3/c1-2-7-5-10(15-8-3-4-8)9(6-12-7)11(13)14/h5-6,8H,2-4H2,1H3,(H,13,14). The molecule has 0 atom stereocenters. The lowest BCUT2D eigenvalue weighted by Gasteiger charge is -2.08. The van der Waals surface area contributed by atoms with Crippen LogP contribution in [0.1, 0.15) is 35.8 Å². The summed E-state index contributed by atoms with van der Waals surface area (Å²) < 4.78 is 5.54. The maximum atomic E-state index is 10.9. The molecule has 1 aromatic heterocycles. The van der Waals surface area contributed by atoms with Crippen LogP contribution in [0.2, 0.25) is 0 Å². The number of carboxylic acids is 1. The fourth-order valence-electron chi connectivity index (χ4n) is 1.29. The molecule has 1 N–H and O–H groups in total. The van der Waals surface area contributed by atoms with E-state index in [-0.39, 0.29) is 11.7 Å². The molecule has 80 valence electrons. The lowest BCUT2D eigenvalue weighted by molar-refractivity contribution is 0.0691. The Morgan fingerprint density at radius 2 is 2.40 bits per heavy atom. The van der Waals surface area contributed by atoms with Gasteiger partial charge in [0.25, 0.3) is 0 Å². The van der Waals surface area contributed by atoms with Gasteiger partial charge in [-0.15, -0.1) is 0 Å². The molecule has 1 aromatic rings. The smallest absolute Gasteiger partial charge is 0.341 e. The van der Waals surface area contributed by atoms with Crippen molar-refractivity contribution in [2.45, 2.75) is 32.3 Å². The molecule has 2 rings (SSSR count). The van der Waals surface area contributed by atoms with E-state index in [1.165, 1.54) is 6.20 Å². The minimum absolute atomic E-state index is 0.152. The number of rotatable bonds is 4. The summed E-state index contributed by atoms with van der Waals surface area (Å²) in [7, 11) is 0. The molecule has 1 aliphatic rings. The third-order valence-corrected chi connectivity index (χ3v) is 2.33. The molecule has 0 bridgehead atoms. The minimum atomic E-state index is -0.985. The van der Waals surface area contributed by atoms with Gasteiger partial charge in [-0.3, -0.25) is 4.98 Å². The van der Waals surface area contributed by atoms with Crippen LogP contribution in [0, 0.1) is 0 Å². The number of hydrogen-bond donors (Lipinski definition) is 1. The van der Waals surface area contributed by atoms with E-state index in [1.807, 2.05) is 6.92 Å². The van der Waals surface area contributed by atoms with Crippen LogP contribution in [-0.4, -0.2) is 22.2 Å². The SMILES string of the molecule is CCc1cc(OC2CC2)c(C(=O)O)cn1. The first-order valence-corrected chi connectivity index (χ1v) is 5.09. The van der Waals surface area contributed by atoms with Gasteiger partial charge < -0.3 is 9.84 Å². The van der Waals surface area contributed by atoms with E-state index < -0.39 is 5.97 Å². The Labute approximate surface area is 87.9 Å². The van der Waals surface area contributed by atoms with E-state index in [9.17, 15) is 4.79 Å². The van der Waals surface area contributed by atoms with Gasteiger partial charge in [0.1, 0.15) is 11.3 Å². The first-order chi connectivity index (χ1) is 7.20. The Bertz CT molecular complexity index is 385. The largest absolute Gasteiger partial charge is 0.489 e. The van der Waals surface area contributed by atoms with Crippen molar-refractivity contribution >= 4 is 5.97 Å². The summed E-state index contributed by atoms with van der Waals surface area (Å²) in [4.78, 5) is 14.9. The van der Waals surface area contributed by atoms with E-state index in [2.05, 4.69) is 4.98 Å². The monoisotopic (exact) mass is 207 g/mol. The molecular formula is C11H13NO3. The predicted molar refractivity (Wildman–Crippen MR) is 54.2 cm³/mol. The van der Waals surface area contributed by atoms with Gasteiger partial charge in [0.05, 0.1) is 6.10 Å². The summed E-state index contributed by atoms with van der Waals surface area (Å²) in [6, 6.07) is 1.72. The van der Waals surface area contributed by atoms with Gasteiger partial charge in [0.2, 0.25) is 0 Å². The number of pyridine rings is 1. The third-order valence-electron chi connectivity index (χ3n) is 2.33. The summed E-state index contributed by atoms with van der Waals surface area (Å²) in [6.45, 7) is 1.98. The van der Waals surface area contributed by atoms with Crippen molar-refractivity contribution in [3.05, 3.63) is 23.5 Å². The second-order valence-electron chi connectivity index (χ2n) is 3.65. The Kier molecular flexibility index (Phi) is 2.58. The van der Waals surface area contributed by atoms with Gasteiger partial charge in [-0.25, -0.2) is 4.79 Å². The first-order valence-electron chi connectivity index (χ1n) is 5.09. The van der Waals surface area contributed by atoms with Crippen molar-refractivity contribution in [3.8, 4) is 5.75 Å². The van der Waals surface area contributed by atoms with Crippen LogP contribution in [0.25, 0.3) is 0 Å². The lowest BCUT2D eigenvalue weighted by Crippen LogP contribution is -2.06. The van der Waals surface area contributed by atoms with E-state index in [4.69, 9.17) is 9.84 Å². The highest BCUT2D eigenvalue weighted by Gasteiger charge is 2.26. The molecule has 1 aliphatic carbocycles. The van der Waals surface area contributed by atoms with Gasteiger partial charge in [-0.05, 0) is 19.3 Å². The Hall–Kier alpha value is -1.58. The summed E-state index contributed by atoms with van der Waals surface area (Å²) in [6.07, 6.45) is 4.39. The molecule has 0 spiro atoms. The zero-order chi connectivity index (χ0) is 10.8. The second kappa shape index (κ2) is 3.88. The molecule has 0 unspecified atom stereocenters. The van der Waals surface area contributed by atoms with Gasteiger partial charge in [0, 0.05) is 18.0 Å². The van der Waals surface area contributed by atoms with Crippen LogP contribution in [-0.2, 0) is 6.42 Å². The van der Waals surface area contributed by atoms with Crippen molar-refractivity contribution in [2.75, 3.05) is 0 Å². The van der Waals surface area contributed by atoms with Gasteiger partial charge in [-0.1, -0.05) is 6.92 Å². The molecule has 0 aromatic carbocycles. The lowest BCUT2D eigenvalue weighted by atomic mass is 10.2. The number of carboxylic acid groups (broad SMARTS) is 1. The Balaban J connectivity index is 2.30. The van der Waals surface area contributed by atoms with Crippen LogP contribution in [0.4, 0.5) is 0 Å². The number of carbonyl (C=O) groups is 1.